The van der Waals surface area contributed by atoms with Gasteiger partial charge in [0.05, 0.1) is 7.11 Å². The predicted molar refractivity (Wildman–Crippen MR) is 75.4 cm³/mol. The number of hydrogen-bond acceptors (Lipinski definition) is 1. The van der Waals surface area contributed by atoms with Crippen LogP contribution in [0.25, 0.3) is 6.08 Å². The fourth-order valence-corrected chi connectivity index (χ4v) is 1.76. The van der Waals surface area contributed by atoms with Crippen LogP contribution in [0.2, 0.25) is 0 Å². The van der Waals surface area contributed by atoms with Crippen LogP contribution in [0.15, 0.2) is 36.2 Å². The molecule has 0 aliphatic carbocycles. The molecule has 0 bridgehead atoms. The van der Waals surface area contributed by atoms with Gasteiger partial charge in [0.2, 0.25) is 0 Å². The van der Waals surface area contributed by atoms with Gasteiger partial charge in [0.15, 0.2) is 0 Å². The third kappa shape index (κ3) is 4.02. The number of aryl methyl sites for hydroxylation is 1. The zero-order valence-electron chi connectivity index (χ0n) is 11.5. The Balaban J connectivity index is 3.05. The molecule has 0 saturated carbocycles. The number of allylic oxidation sites excluding steroid dienone is 3. The second-order valence-electron chi connectivity index (χ2n) is 4.31. The van der Waals surface area contributed by atoms with E-state index >= 15 is 0 Å². The summed E-state index contributed by atoms with van der Waals surface area (Å²) in [6.45, 7) is 5.80. The molecule has 0 aliphatic rings. The fourth-order valence-electron chi connectivity index (χ4n) is 1.76. The van der Waals surface area contributed by atoms with Gasteiger partial charge in [0, 0.05) is 5.92 Å². The first-order valence-electron chi connectivity index (χ1n) is 6.28. The Hall–Kier alpha value is -1.57. The summed E-state index contributed by atoms with van der Waals surface area (Å²) < 4.78 is 19.1. The predicted octanol–water partition coefficient (Wildman–Crippen LogP) is 4.78. The second kappa shape index (κ2) is 7.00. The number of hydrogen-bond donors (Lipinski definition) is 0. The van der Waals surface area contributed by atoms with Crippen molar-refractivity contribution in [3.63, 3.8) is 0 Å². The van der Waals surface area contributed by atoms with E-state index in [0.717, 1.165) is 23.3 Å². The van der Waals surface area contributed by atoms with E-state index in [1.165, 1.54) is 0 Å². The smallest absolute Gasteiger partial charge is 0.119 e. The van der Waals surface area contributed by atoms with Crippen molar-refractivity contribution in [2.24, 2.45) is 5.92 Å². The average Bonchev–Trinajstić information content (AvgIpc) is 2.38. The van der Waals surface area contributed by atoms with Crippen molar-refractivity contribution in [3.05, 3.63) is 47.3 Å². The lowest BCUT2D eigenvalue weighted by Gasteiger charge is -2.07. The van der Waals surface area contributed by atoms with Crippen molar-refractivity contribution >= 4 is 6.08 Å². The lowest BCUT2D eigenvalue weighted by Crippen LogP contribution is -1.92. The minimum absolute atomic E-state index is 0.136. The minimum Gasteiger partial charge on any atom is -0.497 e. The zero-order chi connectivity index (χ0) is 13.5. The number of methoxy groups -OCH3 is 1. The van der Waals surface area contributed by atoms with Crippen LogP contribution in [0.3, 0.4) is 0 Å². The first-order chi connectivity index (χ1) is 8.60. The first-order valence-corrected chi connectivity index (χ1v) is 6.28. The van der Waals surface area contributed by atoms with Crippen LogP contribution in [0, 0.1) is 5.92 Å². The Kier molecular flexibility index (Phi) is 5.63. The molecule has 1 nitrogen and oxygen atoms in total. The maximum atomic E-state index is 13.9. The highest BCUT2D eigenvalue weighted by Crippen LogP contribution is 2.22. The molecule has 0 radical (unpaired) electrons. The summed E-state index contributed by atoms with van der Waals surface area (Å²) in [5.41, 5.74) is 1.99. The van der Waals surface area contributed by atoms with Crippen LogP contribution in [0.5, 0.6) is 5.75 Å². The van der Waals surface area contributed by atoms with E-state index < -0.39 is 0 Å². The molecule has 18 heavy (non-hydrogen) atoms. The minimum atomic E-state index is -0.189. The van der Waals surface area contributed by atoms with E-state index in [1.807, 2.05) is 44.2 Å². The molecular weight excluding hydrogens is 227 g/mol. The second-order valence-corrected chi connectivity index (χ2v) is 4.31. The van der Waals surface area contributed by atoms with Gasteiger partial charge in [-0.1, -0.05) is 32.1 Å². The molecule has 0 N–H and O–H groups in total. The van der Waals surface area contributed by atoms with Crippen molar-refractivity contribution in [2.45, 2.75) is 27.2 Å². The van der Waals surface area contributed by atoms with Crippen molar-refractivity contribution in [3.8, 4) is 5.75 Å². The highest BCUT2D eigenvalue weighted by Gasteiger charge is 2.05. The molecule has 0 fully saturated rings. The molecule has 0 amide bonds. The van der Waals surface area contributed by atoms with Crippen LogP contribution in [0.4, 0.5) is 4.39 Å². The van der Waals surface area contributed by atoms with Crippen molar-refractivity contribution in [2.75, 3.05) is 7.11 Å². The Morgan fingerprint density at radius 2 is 2.11 bits per heavy atom. The molecule has 0 aromatic heterocycles. The summed E-state index contributed by atoms with van der Waals surface area (Å²) in [6.07, 6.45) is 6.18. The molecule has 1 rings (SSSR count). The topological polar surface area (TPSA) is 9.23 Å². The van der Waals surface area contributed by atoms with E-state index in [1.54, 1.807) is 13.2 Å². The molecule has 1 aromatic rings. The van der Waals surface area contributed by atoms with Gasteiger partial charge in [0.25, 0.3) is 0 Å². The number of halogens is 1. The largest absolute Gasteiger partial charge is 0.497 e. The molecule has 2 heteroatoms. The summed E-state index contributed by atoms with van der Waals surface area (Å²) in [5.74, 6) is 0.446. The number of rotatable bonds is 5. The Morgan fingerprint density at radius 1 is 1.39 bits per heavy atom. The Bertz CT molecular complexity index is 424. The van der Waals surface area contributed by atoms with E-state index in [9.17, 15) is 4.39 Å². The monoisotopic (exact) mass is 248 g/mol. The van der Waals surface area contributed by atoms with Crippen LogP contribution >= 0.6 is 0 Å². The summed E-state index contributed by atoms with van der Waals surface area (Å²) in [7, 11) is 1.63. The molecule has 0 heterocycles. The van der Waals surface area contributed by atoms with Crippen molar-refractivity contribution in [1.29, 1.82) is 0 Å². The van der Waals surface area contributed by atoms with Crippen molar-refractivity contribution < 1.29 is 9.13 Å². The average molecular weight is 248 g/mol. The highest BCUT2D eigenvalue weighted by molar-refractivity contribution is 5.55. The van der Waals surface area contributed by atoms with Gasteiger partial charge < -0.3 is 4.74 Å². The van der Waals surface area contributed by atoms with Gasteiger partial charge in [-0.05, 0) is 42.7 Å². The van der Waals surface area contributed by atoms with Gasteiger partial charge in [-0.25, -0.2) is 4.39 Å². The van der Waals surface area contributed by atoms with Crippen LogP contribution < -0.4 is 4.74 Å². The normalized spacial score (nSPS) is 13.9. The maximum Gasteiger partial charge on any atom is 0.119 e. The van der Waals surface area contributed by atoms with Gasteiger partial charge >= 0.3 is 0 Å². The fraction of sp³-hybridized carbons (Fsp3) is 0.375. The van der Waals surface area contributed by atoms with E-state index in [-0.39, 0.29) is 11.7 Å². The lowest BCUT2D eigenvalue weighted by molar-refractivity contribution is 0.414. The molecular formula is C16H21FO. The van der Waals surface area contributed by atoms with Gasteiger partial charge in [0.1, 0.15) is 11.6 Å². The summed E-state index contributed by atoms with van der Waals surface area (Å²) >= 11 is 0. The van der Waals surface area contributed by atoms with E-state index in [4.69, 9.17) is 4.74 Å². The molecule has 1 unspecified atom stereocenters. The lowest BCUT2D eigenvalue weighted by atomic mass is 10.0. The first kappa shape index (κ1) is 14.5. The van der Waals surface area contributed by atoms with Gasteiger partial charge in [-0.3, -0.25) is 0 Å². The van der Waals surface area contributed by atoms with Gasteiger partial charge in [-0.15, -0.1) is 0 Å². The molecule has 0 spiro atoms. The highest BCUT2D eigenvalue weighted by atomic mass is 19.1. The molecule has 0 saturated heterocycles. The quantitative estimate of drug-likeness (QED) is 0.681. The molecule has 1 aromatic carbocycles. The Morgan fingerprint density at radius 3 is 2.67 bits per heavy atom. The summed E-state index contributed by atoms with van der Waals surface area (Å²) in [5, 5.41) is 0. The maximum absolute atomic E-state index is 13.9. The standard InChI is InChI=1S/C16H21FO/c1-5-7-12(3)16(17)11-14-8-13(6-2)9-15(10-14)18-4/h5,7-12H,6H2,1-4H3/b7-5-,16-11-. The third-order valence-corrected chi connectivity index (χ3v) is 2.85. The third-order valence-electron chi connectivity index (χ3n) is 2.85. The van der Waals surface area contributed by atoms with Crippen LogP contribution in [-0.4, -0.2) is 7.11 Å². The SMILES string of the molecule is C/C=C\C(C)/C(F)=C/c1cc(CC)cc(OC)c1. The summed E-state index contributed by atoms with van der Waals surface area (Å²) in [4.78, 5) is 0. The molecule has 0 aliphatic heterocycles. The van der Waals surface area contributed by atoms with E-state index in [2.05, 4.69) is 6.92 Å². The number of benzene rings is 1. The molecule has 1 atom stereocenters. The van der Waals surface area contributed by atoms with Crippen LogP contribution in [-0.2, 0) is 6.42 Å². The van der Waals surface area contributed by atoms with Crippen LogP contribution in [0.1, 0.15) is 31.9 Å². The zero-order valence-corrected chi connectivity index (χ0v) is 11.5. The summed E-state index contributed by atoms with van der Waals surface area (Å²) in [6, 6.07) is 5.82. The van der Waals surface area contributed by atoms with Crippen molar-refractivity contribution in [1.82, 2.24) is 0 Å². The number of ether oxygens (including phenoxy) is 1. The van der Waals surface area contributed by atoms with Gasteiger partial charge in [-0.2, -0.15) is 0 Å². The molecule has 98 valence electrons. The Labute approximate surface area is 109 Å². The van der Waals surface area contributed by atoms with E-state index in [0.29, 0.717) is 0 Å².